The third-order valence-electron chi connectivity index (χ3n) is 1.48. The average molecular weight is 169 g/mol. The summed E-state index contributed by atoms with van der Waals surface area (Å²) < 4.78 is 4.75. The second-order valence-electron chi connectivity index (χ2n) is 2.19. The molecule has 1 rings (SSSR count). The van der Waals surface area contributed by atoms with Gasteiger partial charge in [-0.15, -0.1) is 0 Å². The van der Waals surface area contributed by atoms with Gasteiger partial charge in [0, 0.05) is 0 Å². The first-order chi connectivity index (χ1) is 4.66. The molecule has 1 aliphatic heterocycles. The van der Waals surface area contributed by atoms with Crippen LogP contribution < -0.4 is 0 Å². The van der Waals surface area contributed by atoms with E-state index in [9.17, 15) is 0 Å². The molecule has 1 aliphatic rings. The summed E-state index contributed by atoms with van der Waals surface area (Å²) in [5.74, 6) is 0. The summed E-state index contributed by atoms with van der Waals surface area (Å²) in [5.41, 5.74) is -0.910. The molecule has 0 radical (unpaired) electrons. The highest BCUT2D eigenvalue weighted by molar-refractivity contribution is 6.20. The number of ether oxygens (including phenoxy) is 1. The van der Waals surface area contributed by atoms with E-state index in [4.69, 9.17) is 31.7 Å². The van der Waals surface area contributed by atoms with Crippen molar-refractivity contribution in [2.45, 2.75) is 23.9 Å². The Morgan fingerprint density at radius 2 is 1.90 bits per heavy atom. The van der Waals surface area contributed by atoms with Crippen molar-refractivity contribution in [2.75, 3.05) is 6.61 Å². The third-order valence-corrected chi connectivity index (χ3v) is 1.85. The quantitative estimate of drug-likeness (QED) is 0.424. The summed E-state index contributed by atoms with van der Waals surface area (Å²) in [6, 6.07) is 0. The molecule has 3 N–H and O–H groups in total. The fourth-order valence-electron chi connectivity index (χ4n) is 0.854. The minimum absolute atomic E-state index is 0.332. The first-order valence-corrected chi connectivity index (χ1v) is 3.37. The van der Waals surface area contributed by atoms with Gasteiger partial charge in [0.15, 0.2) is 5.56 Å². The number of hydrogen-bond donors (Lipinski definition) is 3. The number of hydrogen-bond acceptors (Lipinski definition) is 4. The Hall–Kier alpha value is 0.130. The standard InChI is InChI=1S/C5H9ClO4/c6-5-4(9)3(8)2(1-7)10-5/h2-5,7-9H,1H2/t2?,3-,4+,5?/m0/s1. The molecule has 4 atom stereocenters. The molecule has 1 heterocycles. The molecule has 0 aromatic rings. The lowest BCUT2D eigenvalue weighted by molar-refractivity contribution is -0.00869. The van der Waals surface area contributed by atoms with Crippen molar-refractivity contribution in [3.05, 3.63) is 0 Å². The summed E-state index contributed by atoms with van der Waals surface area (Å²) in [7, 11) is 0. The predicted molar refractivity (Wildman–Crippen MR) is 33.6 cm³/mol. The number of rotatable bonds is 1. The highest BCUT2D eigenvalue weighted by atomic mass is 35.5. The van der Waals surface area contributed by atoms with Crippen LogP contribution in [-0.4, -0.2) is 45.8 Å². The van der Waals surface area contributed by atoms with Crippen LogP contribution in [0.1, 0.15) is 0 Å². The molecule has 0 aliphatic carbocycles. The fraction of sp³-hybridized carbons (Fsp3) is 1.00. The Morgan fingerprint density at radius 1 is 1.30 bits per heavy atom. The SMILES string of the molecule is OCC1OC(Cl)[C@H](O)[C@H]1O. The van der Waals surface area contributed by atoms with Crippen LogP contribution in [-0.2, 0) is 4.74 Å². The van der Waals surface area contributed by atoms with E-state index in [0.717, 1.165) is 0 Å². The molecule has 0 spiro atoms. The maximum atomic E-state index is 9.01. The van der Waals surface area contributed by atoms with E-state index in [2.05, 4.69) is 0 Å². The van der Waals surface area contributed by atoms with Crippen LogP contribution in [0.4, 0.5) is 0 Å². The summed E-state index contributed by atoms with van der Waals surface area (Å²) in [6.45, 7) is -0.332. The maximum Gasteiger partial charge on any atom is 0.160 e. The van der Waals surface area contributed by atoms with Crippen LogP contribution in [0.3, 0.4) is 0 Å². The first kappa shape index (κ1) is 8.23. The number of aliphatic hydroxyl groups is 3. The number of aliphatic hydroxyl groups excluding tert-OH is 3. The summed E-state index contributed by atoms with van der Waals surface area (Å²) in [5, 5.41) is 26.5. The van der Waals surface area contributed by atoms with Gasteiger partial charge in [-0.25, -0.2) is 0 Å². The largest absolute Gasteiger partial charge is 0.394 e. The molecule has 0 aromatic heterocycles. The average Bonchev–Trinajstić information content (AvgIpc) is 2.17. The van der Waals surface area contributed by atoms with E-state index in [0.29, 0.717) is 0 Å². The molecular formula is C5H9ClO4. The van der Waals surface area contributed by atoms with E-state index in [1.807, 2.05) is 0 Å². The van der Waals surface area contributed by atoms with E-state index >= 15 is 0 Å². The molecule has 2 unspecified atom stereocenters. The van der Waals surface area contributed by atoms with Crippen molar-refractivity contribution >= 4 is 11.6 Å². The van der Waals surface area contributed by atoms with Crippen LogP contribution in [0.25, 0.3) is 0 Å². The zero-order valence-electron chi connectivity index (χ0n) is 5.14. The normalized spacial score (nSPS) is 48.0. The molecule has 10 heavy (non-hydrogen) atoms. The summed E-state index contributed by atoms with van der Waals surface area (Å²) in [4.78, 5) is 0. The van der Waals surface area contributed by atoms with E-state index in [-0.39, 0.29) is 6.61 Å². The third kappa shape index (κ3) is 1.26. The smallest absolute Gasteiger partial charge is 0.160 e. The highest BCUT2D eigenvalue weighted by Crippen LogP contribution is 2.23. The van der Waals surface area contributed by atoms with Gasteiger partial charge in [0.1, 0.15) is 18.3 Å². The first-order valence-electron chi connectivity index (χ1n) is 2.93. The van der Waals surface area contributed by atoms with E-state index in [1.54, 1.807) is 0 Å². The Kier molecular flexibility index (Phi) is 2.49. The van der Waals surface area contributed by atoms with Crippen LogP contribution in [0.5, 0.6) is 0 Å². The van der Waals surface area contributed by atoms with Crippen molar-refractivity contribution in [3.8, 4) is 0 Å². The number of halogens is 1. The van der Waals surface area contributed by atoms with Crippen molar-refractivity contribution in [2.24, 2.45) is 0 Å². The van der Waals surface area contributed by atoms with Gasteiger partial charge >= 0.3 is 0 Å². The van der Waals surface area contributed by atoms with Gasteiger partial charge in [-0.05, 0) is 0 Å². The monoisotopic (exact) mass is 168 g/mol. The zero-order valence-corrected chi connectivity index (χ0v) is 5.90. The van der Waals surface area contributed by atoms with E-state index in [1.165, 1.54) is 0 Å². The topological polar surface area (TPSA) is 69.9 Å². The molecule has 1 saturated heterocycles. The van der Waals surface area contributed by atoms with Crippen LogP contribution >= 0.6 is 11.6 Å². The lowest BCUT2D eigenvalue weighted by Gasteiger charge is -2.09. The molecule has 0 aromatic carbocycles. The molecule has 0 bridgehead atoms. The van der Waals surface area contributed by atoms with Crippen molar-refractivity contribution in [1.29, 1.82) is 0 Å². The molecule has 4 nitrogen and oxygen atoms in total. The van der Waals surface area contributed by atoms with Crippen molar-refractivity contribution in [3.63, 3.8) is 0 Å². The van der Waals surface area contributed by atoms with Crippen molar-refractivity contribution < 1.29 is 20.1 Å². The van der Waals surface area contributed by atoms with Crippen LogP contribution in [0, 0.1) is 0 Å². The summed E-state index contributed by atoms with van der Waals surface area (Å²) >= 11 is 5.39. The molecule has 5 heteroatoms. The maximum absolute atomic E-state index is 9.01. The van der Waals surface area contributed by atoms with Gasteiger partial charge < -0.3 is 20.1 Å². The minimum atomic E-state index is -1.10. The predicted octanol–water partition coefficient (Wildman–Crippen LogP) is -1.34. The second kappa shape index (κ2) is 3.02. The van der Waals surface area contributed by atoms with Gasteiger partial charge in [-0.2, -0.15) is 0 Å². The molecule has 1 fully saturated rings. The van der Waals surface area contributed by atoms with Gasteiger partial charge in [0.25, 0.3) is 0 Å². The molecule has 0 saturated carbocycles. The number of alkyl halides is 1. The highest BCUT2D eigenvalue weighted by Gasteiger charge is 2.40. The Labute approximate surface area is 63.0 Å². The minimum Gasteiger partial charge on any atom is -0.394 e. The van der Waals surface area contributed by atoms with Crippen LogP contribution in [0.2, 0.25) is 0 Å². The van der Waals surface area contributed by atoms with E-state index < -0.39 is 23.9 Å². The fourth-order valence-corrected chi connectivity index (χ4v) is 1.14. The Balaban J connectivity index is 2.53. The molecule has 0 amide bonds. The van der Waals surface area contributed by atoms with Gasteiger partial charge in [-0.3, -0.25) is 0 Å². The molecule has 60 valence electrons. The second-order valence-corrected chi connectivity index (χ2v) is 2.62. The lowest BCUT2D eigenvalue weighted by atomic mass is 10.2. The Bertz CT molecular complexity index is 120. The van der Waals surface area contributed by atoms with Gasteiger partial charge in [0.2, 0.25) is 0 Å². The van der Waals surface area contributed by atoms with Crippen LogP contribution in [0.15, 0.2) is 0 Å². The lowest BCUT2D eigenvalue weighted by Crippen LogP contribution is -2.32. The van der Waals surface area contributed by atoms with Gasteiger partial charge in [-0.1, -0.05) is 11.6 Å². The summed E-state index contributed by atoms with van der Waals surface area (Å²) in [6.07, 6.45) is -2.93. The Morgan fingerprint density at radius 3 is 2.10 bits per heavy atom. The zero-order chi connectivity index (χ0) is 7.72. The van der Waals surface area contributed by atoms with Crippen molar-refractivity contribution in [1.82, 2.24) is 0 Å². The van der Waals surface area contributed by atoms with Gasteiger partial charge in [0.05, 0.1) is 6.61 Å². The molecular weight excluding hydrogens is 160 g/mol.